The van der Waals surface area contributed by atoms with Crippen LogP contribution in [0.1, 0.15) is 78.5 Å². The van der Waals surface area contributed by atoms with Gasteiger partial charge in [0.05, 0.1) is 35.9 Å². The molecule has 4 saturated carbocycles. The molecule has 5 fully saturated rings. The number of hydrogen-bond donors (Lipinski definition) is 2. The van der Waals surface area contributed by atoms with Gasteiger partial charge in [-0.3, -0.25) is 34.2 Å². The van der Waals surface area contributed by atoms with E-state index in [0.29, 0.717) is 38.4 Å². The van der Waals surface area contributed by atoms with Crippen molar-refractivity contribution in [3.63, 3.8) is 0 Å². The fraction of sp³-hybridized carbons (Fsp3) is 0.621. The largest absolute Gasteiger partial charge is 0.494 e. The van der Waals surface area contributed by atoms with Crippen LogP contribution in [0.4, 0.5) is 0 Å². The molecule has 0 aromatic heterocycles. The summed E-state index contributed by atoms with van der Waals surface area (Å²) in [5.74, 6) is -1.44. The molecule has 1 aromatic rings. The van der Waals surface area contributed by atoms with E-state index in [1.165, 1.54) is 12.1 Å². The smallest absolute Gasteiger partial charge is 0.262 e. The van der Waals surface area contributed by atoms with Crippen LogP contribution in [-0.2, 0) is 19.1 Å². The number of carbonyl (C=O) groups excluding carboxylic acids is 5. The lowest BCUT2D eigenvalue weighted by Crippen LogP contribution is -2.70. The number of fused-ring (bicyclic) bond motifs is 1. The zero-order valence-electron chi connectivity index (χ0n) is 22.6. The van der Waals surface area contributed by atoms with Crippen molar-refractivity contribution in [2.24, 2.45) is 10.8 Å². The zero-order valence-corrected chi connectivity index (χ0v) is 22.6. The van der Waals surface area contributed by atoms with Crippen LogP contribution < -0.4 is 10.1 Å². The molecule has 0 radical (unpaired) electrons. The SMILES string of the molecule is CN(C(=O)C12CC(COCCCCOc3ccc4c(c3)C(=O)N(C3CCC(=O)NC3=O)C4=O)(C1)C2)C1CC(O)C1. The van der Waals surface area contributed by atoms with Gasteiger partial charge in [0.1, 0.15) is 11.8 Å². The van der Waals surface area contributed by atoms with Crippen molar-refractivity contribution < 1.29 is 38.6 Å². The highest BCUT2D eigenvalue weighted by Crippen LogP contribution is 2.74. The van der Waals surface area contributed by atoms with Gasteiger partial charge in [-0.2, -0.15) is 0 Å². The van der Waals surface area contributed by atoms with Crippen LogP contribution in [0.25, 0.3) is 0 Å². The number of nitrogens with one attached hydrogen (secondary N) is 1. The molecule has 2 heterocycles. The molecule has 40 heavy (non-hydrogen) atoms. The van der Waals surface area contributed by atoms with Gasteiger partial charge in [0.15, 0.2) is 0 Å². The molecule has 2 N–H and O–H groups in total. The molecule has 1 atom stereocenters. The molecule has 1 aromatic carbocycles. The first-order valence-corrected chi connectivity index (χ1v) is 14.1. The molecular formula is C29H35N3O8. The van der Waals surface area contributed by atoms with Crippen molar-refractivity contribution in [1.29, 1.82) is 0 Å². The van der Waals surface area contributed by atoms with Gasteiger partial charge in [0.2, 0.25) is 17.7 Å². The molecule has 7 rings (SSSR count). The molecule has 1 unspecified atom stereocenters. The normalized spacial score (nSPS) is 32.0. The highest BCUT2D eigenvalue weighted by atomic mass is 16.5. The molecule has 0 spiro atoms. The Hall–Kier alpha value is -3.31. The van der Waals surface area contributed by atoms with E-state index < -0.39 is 29.7 Å². The molecule has 11 heteroatoms. The maximum atomic E-state index is 12.9. The number of rotatable bonds is 11. The fourth-order valence-corrected chi connectivity index (χ4v) is 7.12. The van der Waals surface area contributed by atoms with Crippen LogP contribution in [0.15, 0.2) is 18.2 Å². The van der Waals surface area contributed by atoms with Crippen LogP contribution in [0.5, 0.6) is 5.75 Å². The standard InChI is InChI=1S/C29H35N3O8/c1-31(17-10-18(33)11-17)27(38)29-13-28(14-29,15-29)16-39-8-2-3-9-40-19-4-5-20-21(12-19)26(37)32(25(20)36)22-6-7-23(34)30-24(22)35/h4-5,12,17-18,22,33H,2-3,6-11,13-16H2,1H3,(H,30,34,35). The summed E-state index contributed by atoms with van der Waals surface area (Å²) in [5.41, 5.74) is 0.359. The summed E-state index contributed by atoms with van der Waals surface area (Å²) in [5, 5.41) is 11.7. The summed E-state index contributed by atoms with van der Waals surface area (Å²) in [6.07, 6.45) is 5.52. The summed E-state index contributed by atoms with van der Waals surface area (Å²) in [6, 6.07) is 3.89. The molecule has 5 amide bonds. The topological polar surface area (TPSA) is 143 Å². The zero-order chi connectivity index (χ0) is 28.2. The third-order valence-electron chi connectivity index (χ3n) is 9.32. The van der Waals surface area contributed by atoms with E-state index in [2.05, 4.69) is 5.32 Å². The van der Waals surface area contributed by atoms with Crippen molar-refractivity contribution in [2.45, 2.75) is 76.0 Å². The van der Waals surface area contributed by atoms with Crippen LogP contribution in [-0.4, -0.2) is 89.5 Å². The number of amides is 5. The van der Waals surface area contributed by atoms with E-state index in [9.17, 15) is 29.1 Å². The number of unbranched alkanes of at least 4 members (excludes halogenated alkanes) is 1. The predicted octanol–water partition coefficient (Wildman–Crippen LogP) is 1.42. The second-order valence-electron chi connectivity index (χ2n) is 12.3. The van der Waals surface area contributed by atoms with Gasteiger partial charge in [-0.1, -0.05) is 0 Å². The third kappa shape index (κ3) is 4.49. The van der Waals surface area contributed by atoms with Crippen LogP contribution in [0.3, 0.4) is 0 Å². The van der Waals surface area contributed by atoms with Crippen molar-refractivity contribution in [3.8, 4) is 5.75 Å². The molecule has 6 aliphatic rings. The minimum absolute atomic E-state index is 0.0771. The molecule has 214 valence electrons. The van der Waals surface area contributed by atoms with E-state index in [0.717, 1.165) is 37.0 Å². The van der Waals surface area contributed by atoms with Gasteiger partial charge in [-0.25, -0.2) is 0 Å². The van der Waals surface area contributed by atoms with Crippen molar-refractivity contribution >= 4 is 29.5 Å². The highest BCUT2D eigenvalue weighted by molar-refractivity contribution is 6.23. The Morgan fingerprint density at radius 2 is 1.77 bits per heavy atom. The number of imide groups is 2. The Bertz CT molecular complexity index is 1250. The monoisotopic (exact) mass is 553 g/mol. The molecule has 11 nitrogen and oxygen atoms in total. The Balaban J connectivity index is 0.892. The second-order valence-corrected chi connectivity index (χ2v) is 12.3. The first-order valence-electron chi connectivity index (χ1n) is 14.1. The van der Waals surface area contributed by atoms with E-state index in [4.69, 9.17) is 9.47 Å². The first kappa shape index (κ1) is 26.9. The summed E-state index contributed by atoms with van der Waals surface area (Å²) in [6.45, 7) is 1.69. The lowest BCUT2D eigenvalue weighted by Gasteiger charge is -2.70. The van der Waals surface area contributed by atoms with Crippen molar-refractivity contribution in [1.82, 2.24) is 15.1 Å². The Labute approximate surface area is 232 Å². The lowest BCUT2D eigenvalue weighted by molar-refractivity contribution is -0.236. The lowest BCUT2D eigenvalue weighted by atomic mass is 9.35. The summed E-state index contributed by atoms with van der Waals surface area (Å²) < 4.78 is 11.7. The van der Waals surface area contributed by atoms with E-state index >= 15 is 0 Å². The average Bonchev–Trinajstić information content (AvgIpc) is 3.10. The van der Waals surface area contributed by atoms with E-state index in [1.807, 2.05) is 11.9 Å². The Morgan fingerprint density at radius 1 is 1.07 bits per heavy atom. The number of ether oxygens (including phenoxy) is 2. The quantitative estimate of drug-likeness (QED) is 0.310. The average molecular weight is 554 g/mol. The minimum Gasteiger partial charge on any atom is -0.494 e. The van der Waals surface area contributed by atoms with Gasteiger partial charge >= 0.3 is 0 Å². The first-order chi connectivity index (χ1) is 19.1. The fourth-order valence-electron chi connectivity index (χ4n) is 7.12. The van der Waals surface area contributed by atoms with Crippen LogP contribution in [0, 0.1) is 10.8 Å². The Kier molecular flexibility index (Phi) is 6.69. The number of carbonyl (C=O) groups is 5. The van der Waals surface area contributed by atoms with E-state index in [1.54, 1.807) is 6.07 Å². The molecule has 4 aliphatic carbocycles. The van der Waals surface area contributed by atoms with Crippen LogP contribution in [0.2, 0.25) is 0 Å². The van der Waals surface area contributed by atoms with Crippen molar-refractivity contribution in [2.75, 3.05) is 26.9 Å². The minimum atomic E-state index is -0.991. The third-order valence-corrected chi connectivity index (χ3v) is 9.32. The molecular weight excluding hydrogens is 518 g/mol. The maximum absolute atomic E-state index is 12.9. The molecule has 1 saturated heterocycles. The number of benzene rings is 1. The highest BCUT2D eigenvalue weighted by Gasteiger charge is 2.72. The van der Waals surface area contributed by atoms with Gasteiger partial charge in [0.25, 0.3) is 11.8 Å². The second kappa shape index (κ2) is 9.95. The maximum Gasteiger partial charge on any atom is 0.262 e. The number of nitrogens with zero attached hydrogens (tertiary/aromatic N) is 2. The summed E-state index contributed by atoms with van der Waals surface area (Å²) in [7, 11) is 1.86. The van der Waals surface area contributed by atoms with Crippen molar-refractivity contribution in [3.05, 3.63) is 29.3 Å². The van der Waals surface area contributed by atoms with Gasteiger partial charge in [-0.15, -0.1) is 0 Å². The van der Waals surface area contributed by atoms with E-state index in [-0.39, 0.29) is 52.9 Å². The molecule has 2 aliphatic heterocycles. The number of hydrogen-bond acceptors (Lipinski definition) is 8. The number of aliphatic hydroxyl groups is 1. The van der Waals surface area contributed by atoms with Gasteiger partial charge in [-0.05, 0) is 75.0 Å². The molecule has 2 bridgehead atoms. The number of piperidine rings is 1. The van der Waals surface area contributed by atoms with Crippen LogP contribution >= 0.6 is 0 Å². The van der Waals surface area contributed by atoms with Gasteiger partial charge in [0, 0.05) is 26.1 Å². The Morgan fingerprint density at radius 3 is 2.48 bits per heavy atom. The summed E-state index contributed by atoms with van der Waals surface area (Å²) in [4.78, 5) is 65.0. The van der Waals surface area contributed by atoms with Gasteiger partial charge < -0.3 is 19.5 Å². The summed E-state index contributed by atoms with van der Waals surface area (Å²) >= 11 is 0. The predicted molar refractivity (Wildman–Crippen MR) is 139 cm³/mol. The number of aliphatic hydroxyl groups excluding tert-OH is 1.